The monoisotopic (exact) mass is 883 g/mol. The molecule has 4 aliphatic rings. The maximum absolute atomic E-state index is 15.1. The van der Waals surface area contributed by atoms with Crippen LogP contribution in [0.1, 0.15) is 86.0 Å². The first-order chi connectivity index (χ1) is 28.5. The van der Waals surface area contributed by atoms with Crippen molar-refractivity contribution in [3.05, 3.63) is 36.2 Å². The Morgan fingerprint density at radius 2 is 1.77 bits per heavy atom. The van der Waals surface area contributed by atoms with E-state index in [2.05, 4.69) is 20.3 Å². The van der Waals surface area contributed by atoms with Crippen LogP contribution in [0.5, 0.6) is 17.4 Å². The second-order valence-corrected chi connectivity index (χ2v) is 19.5. The van der Waals surface area contributed by atoms with Gasteiger partial charge in [-0.05, 0) is 77.2 Å². The van der Waals surface area contributed by atoms with Gasteiger partial charge >= 0.3 is 12.3 Å². The van der Waals surface area contributed by atoms with Crippen LogP contribution in [0.2, 0.25) is 0 Å². The molecule has 2 aromatic rings. The van der Waals surface area contributed by atoms with E-state index in [1.807, 2.05) is 13.0 Å². The molecule has 7 atom stereocenters. The van der Waals surface area contributed by atoms with Crippen LogP contribution < -0.4 is 29.6 Å². The van der Waals surface area contributed by atoms with Crippen molar-refractivity contribution in [2.45, 2.75) is 126 Å². The molecule has 61 heavy (non-hydrogen) atoms. The minimum atomic E-state index is -4.95. The smallest absolute Gasteiger partial charge is 0.427 e. The number of nitrogens with one attached hydrogen (secondary N) is 3. The lowest BCUT2D eigenvalue weighted by Crippen LogP contribution is -2.60. The molecule has 20 heteroatoms. The number of allylic oxidation sites excluding steroid dienone is 1. The summed E-state index contributed by atoms with van der Waals surface area (Å²) in [6, 6.07) is 0.972. The van der Waals surface area contributed by atoms with Crippen LogP contribution in [0.25, 0.3) is 10.9 Å². The van der Waals surface area contributed by atoms with E-state index in [1.54, 1.807) is 13.0 Å². The molecule has 1 aromatic carbocycles. The van der Waals surface area contributed by atoms with Crippen LogP contribution in [0, 0.1) is 23.6 Å². The lowest BCUT2D eigenvalue weighted by atomic mass is 9.85. The molecule has 1 unspecified atom stereocenters. The number of nitrogens with zero attached hydrogens (tertiary/aromatic N) is 2. The number of pyridine rings is 1. The number of benzene rings is 1. The first-order valence-electron chi connectivity index (χ1n) is 20.3. The minimum Gasteiger partial charge on any atom is -0.494 e. The highest BCUT2D eigenvalue weighted by molar-refractivity contribution is 7.91. The van der Waals surface area contributed by atoms with Gasteiger partial charge in [0, 0.05) is 29.9 Å². The predicted octanol–water partition coefficient (Wildman–Crippen LogP) is 5.45. The third-order valence-electron chi connectivity index (χ3n) is 12.4. The molecule has 3 N–H and O–H groups in total. The number of hydrogen-bond acceptors (Lipinski definition) is 11. The Labute approximate surface area is 351 Å². The summed E-state index contributed by atoms with van der Waals surface area (Å²) in [4.78, 5) is 62.3. The van der Waals surface area contributed by atoms with Gasteiger partial charge in [-0.1, -0.05) is 32.4 Å². The number of amides is 4. The number of rotatable bonds is 10. The zero-order valence-corrected chi connectivity index (χ0v) is 35.9. The van der Waals surface area contributed by atoms with E-state index in [9.17, 15) is 40.8 Å². The van der Waals surface area contributed by atoms with E-state index >= 15 is 4.39 Å². The molecule has 6 rings (SSSR count). The van der Waals surface area contributed by atoms with Gasteiger partial charge in [0.25, 0.3) is 5.91 Å². The first kappa shape index (κ1) is 45.6. The fraction of sp³-hybridized carbons (Fsp3) is 0.634. The fourth-order valence-electron chi connectivity index (χ4n) is 7.97. The van der Waals surface area contributed by atoms with Crippen molar-refractivity contribution >= 4 is 44.7 Å². The summed E-state index contributed by atoms with van der Waals surface area (Å²) in [5, 5.41) is 5.36. The Balaban J connectivity index is 1.40. The second kappa shape index (κ2) is 16.8. The van der Waals surface area contributed by atoms with Crippen LogP contribution in [-0.2, 0) is 29.1 Å². The molecule has 0 bridgehead atoms. The van der Waals surface area contributed by atoms with Gasteiger partial charge < -0.3 is 34.5 Å². The number of carbonyl (C=O) groups is 4. The average Bonchev–Trinajstić information content (AvgIpc) is 4.06. The molecule has 2 aliphatic carbocycles. The van der Waals surface area contributed by atoms with Gasteiger partial charge in [-0.25, -0.2) is 22.6 Å². The van der Waals surface area contributed by atoms with Crippen LogP contribution in [0.15, 0.2) is 30.4 Å². The number of halogens is 4. The van der Waals surface area contributed by atoms with E-state index in [0.29, 0.717) is 52.4 Å². The zero-order chi connectivity index (χ0) is 44.9. The summed E-state index contributed by atoms with van der Waals surface area (Å²) < 4.78 is 106. The first-order valence-corrected chi connectivity index (χ1v) is 21.8. The highest BCUT2D eigenvalue weighted by Crippen LogP contribution is 2.48. The number of carbonyl (C=O) groups excluding carboxylic acids is 4. The largest absolute Gasteiger partial charge is 0.494 e. The number of sulfonamides is 1. The molecular formula is C41H53F4N5O10S. The van der Waals surface area contributed by atoms with Crippen molar-refractivity contribution < 1.29 is 64.1 Å². The lowest BCUT2D eigenvalue weighted by molar-refractivity contribution is -0.244. The Hall–Kier alpha value is -4.88. The Bertz CT molecular complexity index is 2200. The number of methoxy groups -OCH3 is 2. The van der Waals surface area contributed by atoms with E-state index < -0.39 is 91.7 Å². The Kier molecular flexibility index (Phi) is 12.5. The molecule has 3 heterocycles. The molecule has 336 valence electrons. The molecule has 1 aromatic heterocycles. The number of hydrogen-bond donors (Lipinski definition) is 3. The summed E-state index contributed by atoms with van der Waals surface area (Å²) in [7, 11) is -1.48. The van der Waals surface area contributed by atoms with Crippen molar-refractivity contribution in [2.24, 2.45) is 17.8 Å². The molecule has 2 aliphatic heterocycles. The van der Waals surface area contributed by atoms with Gasteiger partial charge in [-0.15, -0.1) is 0 Å². The second-order valence-electron chi connectivity index (χ2n) is 17.3. The number of alkyl carbamates (subject to hydrolysis) is 1. The molecule has 0 spiro atoms. The molecular weight excluding hydrogens is 831 g/mol. The molecule has 2 saturated carbocycles. The zero-order valence-electron chi connectivity index (χ0n) is 35.1. The standard InChI is InChI=1S/C41H53F4N5O10S/c1-8-23-15-22(2)11-9-10-12-24-20-40(24,36(53)49-61(55,56)39(5)13-14-39)48-34(51)29-16-25(21-50(29)35(52)33(23)47-37(54)60-38(3,4)41(43,44)45)59-30-19-32(58-7)46-28-18-31(57-6)27(42)17-26(28)30/h10,12,17-19,22-25,29,33H,8-9,11,13-16,20-21H2,1-7H3,(H,47,54)(H,48,51)(H,49,53)/b12-10-/t22-,23-,24?,25-,29+,33+,40-/m1/s1. The average molecular weight is 884 g/mol. The van der Waals surface area contributed by atoms with Crippen LogP contribution in [0.3, 0.4) is 0 Å². The van der Waals surface area contributed by atoms with Gasteiger partial charge in [-0.3, -0.25) is 19.1 Å². The summed E-state index contributed by atoms with van der Waals surface area (Å²) in [5.74, 6) is -4.60. The van der Waals surface area contributed by atoms with Crippen LogP contribution in [0.4, 0.5) is 22.4 Å². The van der Waals surface area contributed by atoms with Crippen molar-refractivity contribution in [3.8, 4) is 17.4 Å². The maximum Gasteiger partial charge on any atom is 0.427 e. The quantitative estimate of drug-likeness (QED) is 0.203. The lowest BCUT2D eigenvalue weighted by Gasteiger charge is -2.35. The highest BCUT2D eigenvalue weighted by Gasteiger charge is 2.63. The Morgan fingerprint density at radius 1 is 1.07 bits per heavy atom. The topological polar surface area (TPSA) is 192 Å². The summed E-state index contributed by atoms with van der Waals surface area (Å²) in [6.45, 7) is 6.24. The molecule has 0 radical (unpaired) electrons. The normalized spacial score (nSPS) is 28.5. The van der Waals surface area contributed by atoms with Crippen molar-refractivity contribution in [1.82, 2.24) is 25.2 Å². The third kappa shape index (κ3) is 9.33. The maximum atomic E-state index is 15.1. The van der Waals surface area contributed by atoms with E-state index in [-0.39, 0.29) is 53.6 Å². The van der Waals surface area contributed by atoms with Crippen molar-refractivity contribution in [2.75, 3.05) is 20.8 Å². The van der Waals surface area contributed by atoms with Crippen LogP contribution in [-0.4, -0.2) is 103 Å². The van der Waals surface area contributed by atoms with Gasteiger partial charge in [0.1, 0.15) is 29.5 Å². The SMILES string of the molecule is CC[C@@H]1C[C@H](C)CC/C=C\C2C[C@@]2(C(=O)NS(=O)(=O)C2(C)CC2)NC(=O)[C@@H]2C[C@@H](Oc3cc(OC)nc4cc(OC)c(F)cc34)CN2C(=O)[C@H]1NC(=O)OC(C)(C)C(F)(F)F. The number of alkyl halides is 3. The third-order valence-corrected chi connectivity index (χ3v) is 14.6. The minimum absolute atomic E-state index is 0.0597. The predicted molar refractivity (Wildman–Crippen MR) is 212 cm³/mol. The summed E-state index contributed by atoms with van der Waals surface area (Å²) in [6.07, 6.45) is -1.57. The van der Waals surface area contributed by atoms with Crippen LogP contribution >= 0.6 is 0 Å². The molecule has 4 amide bonds. The van der Waals surface area contributed by atoms with Crippen molar-refractivity contribution in [1.29, 1.82) is 0 Å². The van der Waals surface area contributed by atoms with Crippen molar-refractivity contribution in [3.63, 3.8) is 0 Å². The summed E-state index contributed by atoms with van der Waals surface area (Å²) in [5.41, 5.74) is -4.39. The van der Waals surface area contributed by atoms with Gasteiger partial charge in [0.2, 0.25) is 33.3 Å². The fourth-order valence-corrected chi connectivity index (χ4v) is 9.28. The number of fused-ring (bicyclic) bond motifs is 3. The highest BCUT2D eigenvalue weighted by atomic mass is 32.2. The van der Waals surface area contributed by atoms with Gasteiger partial charge in [-0.2, -0.15) is 13.2 Å². The van der Waals surface area contributed by atoms with Gasteiger partial charge in [0.05, 0.1) is 31.0 Å². The van der Waals surface area contributed by atoms with E-state index in [4.69, 9.17) is 18.9 Å². The summed E-state index contributed by atoms with van der Waals surface area (Å²) >= 11 is 0. The Morgan fingerprint density at radius 3 is 2.39 bits per heavy atom. The molecule has 1 saturated heterocycles. The van der Waals surface area contributed by atoms with Gasteiger partial charge in [0.15, 0.2) is 11.6 Å². The number of aromatic nitrogens is 1. The van der Waals surface area contributed by atoms with E-state index in [1.165, 1.54) is 33.3 Å². The molecule has 15 nitrogen and oxygen atoms in total. The number of ether oxygens (including phenoxy) is 4. The molecule has 3 fully saturated rings. The van der Waals surface area contributed by atoms with E-state index in [0.717, 1.165) is 11.0 Å².